The van der Waals surface area contributed by atoms with Crippen molar-refractivity contribution in [3.63, 3.8) is 0 Å². The van der Waals surface area contributed by atoms with Crippen LogP contribution in [0.2, 0.25) is 0 Å². The van der Waals surface area contributed by atoms with E-state index in [1.54, 1.807) is 13.3 Å². The van der Waals surface area contributed by atoms with E-state index in [0.29, 0.717) is 18.9 Å². The van der Waals surface area contributed by atoms with E-state index < -0.39 is 0 Å². The highest BCUT2D eigenvalue weighted by atomic mass is 16.5. The average Bonchev–Trinajstić information content (AvgIpc) is 3.09. The molecule has 0 spiro atoms. The molecule has 140 valence electrons. The van der Waals surface area contributed by atoms with Crippen LogP contribution >= 0.6 is 0 Å². The molecule has 0 radical (unpaired) electrons. The molecule has 6 nitrogen and oxygen atoms in total. The summed E-state index contributed by atoms with van der Waals surface area (Å²) in [7, 11) is 5.48. The van der Waals surface area contributed by atoms with Gasteiger partial charge in [-0.3, -0.25) is 4.79 Å². The molecule has 1 aromatic heterocycles. The molecule has 1 unspecified atom stereocenters. The van der Waals surface area contributed by atoms with Crippen molar-refractivity contribution in [1.82, 2.24) is 14.8 Å². The predicted octanol–water partition coefficient (Wildman–Crippen LogP) is 2.89. The first-order valence-corrected chi connectivity index (χ1v) is 9.08. The number of benzene rings is 1. The minimum Gasteiger partial charge on any atom is -0.497 e. The molecule has 0 aliphatic carbocycles. The molecular formula is C20H27N3O3. The van der Waals surface area contributed by atoms with Gasteiger partial charge >= 0.3 is 0 Å². The van der Waals surface area contributed by atoms with Gasteiger partial charge in [-0.1, -0.05) is 12.1 Å². The van der Waals surface area contributed by atoms with Crippen LogP contribution in [0.25, 0.3) is 0 Å². The number of hydrogen-bond acceptors (Lipinski definition) is 5. The molecule has 26 heavy (non-hydrogen) atoms. The lowest BCUT2D eigenvalue weighted by Crippen LogP contribution is -2.42. The first-order chi connectivity index (χ1) is 12.6. The summed E-state index contributed by atoms with van der Waals surface area (Å²) in [5.74, 6) is 2.41. The van der Waals surface area contributed by atoms with Crippen LogP contribution in [-0.2, 0) is 11.2 Å². The van der Waals surface area contributed by atoms with Gasteiger partial charge in [0.2, 0.25) is 11.8 Å². The molecule has 2 aromatic rings. The molecule has 2 heterocycles. The molecule has 0 N–H and O–H groups in total. The van der Waals surface area contributed by atoms with Gasteiger partial charge < -0.3 is 19.0 Å². The topological polar surface area (TPSA) is 58.8 Å². The smallest absolute Gasteiger partial charge is 0.237 e. The first-order valence-electron chi connectivity index (χ1n) is 9.08. The van der Waals surface area contributed by atoms with Crippen molar-refractivity contribution < 1.29 is 13.9 Å². The molecule has 6 heteroatoms. The van der Waals surface area contributed by atoms with Crippen LogP contribution in [0.3, 0.4) is 0 Å². The van der Waals surface area contributed by atoms with Gasteiger partial charge in [0.25, 0.3) is 0 Å². The predicted molar refractivity (Wildman–Crippen MR) is 99.2 cm³/mol. The second kappa shape index (κ2) is 8.36. The summed E-state index contributed by atoms with van der Waals surface area (Å²) in [5, 5.41) is 0. The summed E-state index contributed by atoms with van der Waals surface area (Å²) in [4.78, 5) is 20.9. The molecule has 0 saturated carbocycles. The number of carbonyl (C=O) groups is 1. The number of rotatable bonds is 6. The first kappa shape index (κ1) is 18.5. The van der Waals surface area contributed by atoms with Gasteiger partial charge in [0.1, 0.15) is 17.6 Å². The van der Waals surface area contributed by atoms with Crippen molar-refractivity contribution >= 4 is 5.91 Å². The fourth-order valence-corrected chi connectivity index (χ4v) is 3.39. The Morgan fingerprint density at radius 1 is 1.38 bits per heavy atom. The van der Waals surface area contributed by atoms with Crippen molar-refractivity contribution in [3.8, 4) is 5.75 Å². The molecule has 1 aliphatic heterocycles. The minimum absolute atomic E-state index is 0.0599. The van der Waals surface area contributed by atoms with Crippen LogP contribution in [0.1, 0.15) is 42.5 Å². The Kier molecular flexibility index (Phi) is 5.93. The van der Waals surface area contributed by atoms with E-state index in [0.717, 1.165) is 42.9 Å². The Bertz CT molecular complexity index is 741. The Hall–Kier alpha value is -2.34. The zero-order valence-electron chi connectivity index (χ0n) is 15.8. The SMILES string of the molecule is COc1cccc(Cc2cnc(C3CCCCN3C(=O)CN(C)C)o2)c1. The number of carbonyl (C=O) groups excluding carboxylic acids is 1. The van der Waals surface area contributed by atoms with Gasteiger partial charge in [-0.15, -0.1) is 0 Å². The quantitative estimate of drug-likeness (QED) is 0.796. The number of aromatic nitrogens is 1. The third-order valence-corrected chi connectivity index (χ3v) is 4.64. The van der Waals surface area contributed by atoms with E-state index >= 15 is 0 Å². The molecule has 1 amide bonds. The molecule has 1 saturated heterocycles. The minimum atomic E-state index is -0.0599. The summed E-state index contributed by atoms with van der Waals surface area (Å²) >= 11 is 0. The van der Waals surface area contributed by atoms with E-state index in [1.807, 2.05) is 48.2 Å². The molecule has 1 aliphatic rings. The molecule has 1 atom stereocenters. The second-order valence-corrected chi connectivity index (χ2v) is 7.03. The van der Waals surface area contributed by atoms with Crippen LogP contribution in [0.5, 0.6) is 5.75 Å². The number of amides is 1. The van der Waals surface area contributed by atoms with Gasteiger partial charge in [0, 0.05) is 13.0 Å². The van der Waals surface area contributed by atoms with Crippen molar-refractivity contribution in [2.75, 3.05) is 34.3 Å². The third-order valence-electron chi connectivity index (χ3n) is 4.64. The summed E-state index contributed by atoms with van der Waals surface area (Å²) in [6.45, 7) is 1.18. The maximum absolute atomic E-state index is 12.6. The molecule has 0 bridgehead atoms. The largest absolute Gasteiger partial charge is 0.497 e. The fraction of sp³-hybridized carbons (Fsp3) is 0.500. The molecule has 3 rings (SSSR count). The zero-order valence-corrected chi connectivity index (χ0v) is 15.8. The van der Waals surface area contributed by atoms with Crippen molar-refractivity contribution in [2.45, 2.75) is 31.7 Å². The number of oxazole rings is 1. The number of hydrogen-bond donors (Lipinski definition) is 0. The van der Waals surface area contributed by atoms with Gasteiger partial charge in [-0.25, -0.2) is 4.98 Å². The third kappa shape index (κ3) is 4.43. The van der Waals surface area contributed by atoms with E-state index in [2.05, 4.69) is 4.98 Å². The summed E-state index contributed by atoms with van der Waals surface area (Å²) < 4.78 is 11.3. The summed E-state index contributed by atoms with van der Waals surface area (Å²) in [5.41, 5.74) is 1.11. The monoisotopic (exact) mass is 357 g/mol. The highest BCUT2D eigenvalue weighted by molar-refractivity contribution is 5.78. The maximum atomic E-state index is 12.6. The second-order valence-electron chi connectivity index (χ2n) is 7.03. The fourth-order valence-electron chi connectivity index (χ4n) is 3.39. The highest BCUT2D eigenvalue weighted by Crippen LogP contribution is 2.31. The lowest BCUT2D eigenvalue weighted by Gasteiger charge is -2.34. The molecular weight excluding hydrogens is 330 g/mol. The Morgan fingerprint density at radius 2 is 2.23 bits per heavy atom. The number of nitrogens with zero attached hydrogens (tertiary/aromatic N) is 3. The van der Waals surface area contributed by atoms with Crippen molar-refractivity contribution in [3.05, 3.63) is 47.7 Å². The van der Waals surface area contributed by atoms with E-state index in [4.69, 9.17) is 9.15 Å². The lowest BCUT2D eigenvalue weighted by atomic mass is 10.0. The van der Waals surface area contributed by atoms with E-state index in [1.165, 1.54) is 0 Å². The zero-order chi connectivity index (χ0) is 18.5. The highest BCUT2D eigenvalue weighted by Gasteiger charge is 2.31. The van der Waals surface area contributed by atoms with Gasteiger partial charge in [0.05, 0.1) is 19.9 Å². The number of piperidine rings is 1. The number of methoxy groups -OCH3 is 1. The van der Waals surface area contributed by atoms with Crippen LogP contribution in [0.4, 0.5) is 0 Å². The molecule has 1 aromatic carbocycles. The van der Waals surface area contributed by atoms with Crippen molar-refractivity contribution in [2.24, 2.45) is 0 Å². The number of ether oxygens (including phenoxy) is 1. The Morgan fingerprint density at radius 3 is 3.00 bits per heavy atom. The van der Waals surface area contributed by atoms with Gasteiger partial charge in [-0.05, 0) is 51.1 Å². The van der Waals surface area contributed by atoms with Crippen LogP contribution in [0, 0.1) is 0 Å². The Balaban J connectivity index is 1.73. The van der Waals surface area contributed by atoms with E-state index in [-0.39, 0.29) is 11.9 Å². The van der Waals surface area contributed by atoms with Crippen molar-refractivity contribution in [1.29, 1.82) is 0 Å². The van der Waals surface area contributed by atoms with Crippen LogP contribution < -0.4 is 4.74 Å². The van der Waals surface area contributed by atoms with Crippen LogP contribution in [0.15, 0.2) is 34.9 Å². The summed E-state index contributed by atoms with van der Waals surface area (Å²) in [6.07, 6.45) is 5.45. The Labute approximate surface area is 154 Å². The average molecular weight is 357 g/mol. The van der Waals surface area contributed by atoms with E-state index in [9.17, 15) is 4.79 Å². The molecule has 1 fully saturated rings. The lowest BCUT2D eigenvalue weighted by molar-refractivity contribution is -0.136. The standard InChI is InChI=1S/C20H27N3O3/c1-22(2)14-19(24)23-10-5-4-9-18(23)20-21-13-17(26-20)12-15-7-6-8-16(11-15)25-3/h6-8,11,13,18H,4-5,9-10,12,14H2,1-3H3. The summed E-state index contributed by atoms with van der Waals surface area (Å²) in [6, 6.07) is 7.86. The number of likely N-dealkylation sites (N-methyl/N-ethyl adjacent to an activating group) is 1. The maximum Gasteiger partial charge on any atom is 0.237 e. The van der Waals surface area contributed by atoms with Gasteiger partial charge in [0.15, 0.2) is 0 Å². The van der Waals surface area contributed by atoms with Gasteiger partial charge in [-0.2, -0.15) is 0 Å². The normalized spacial score (nSPS) is 17.5. The number of likely N-dealkylation sites (tertiary alicyclic amines) is 1. The van der Waals surface area contributed by atoms with Crippen LogP contribution in [-0.4, -0.2) is 55.0 Å².